The SMILES string of the molecule is CCS(=O)(=O)CC1CCC(N(C)c2ncnc3c2ccn3C(=O)N(C)Cc2ccccc2NC(=O)O[C@@H]2O[C@H](C(=O)O)[C@@H](O)[C@H](O)[C@H]2O)CC1. The maximum absolute atomic E-state index is 13.7. The van der Waals surface area contributed by atoms with Crippen molar-refractivity contribution in [3.8, 4) is 0 Å². The summed E-state index contributed by atoms with van der Waals surface area (Å²) in [6.07, 6.45) is -4.55. The molecule has 50 heavy (non-hydrogen) atoms. The van der Waals surface area contributed by atoms with E-state index in [9.17, 15) is 43.2 Å². The predicted molar refractivity (Wildman–Crippen MR) is 179 cm³/mol. The molecule has 2 aliphatic rings. The van der Waals surface area contributed by atoms with Gasteiger partial charge in [0.05, 0.1) is 11.1 Å². The van der Waals surface area contributed by atoms with E-state index in [4.69, 9.17) is 9.47 Å². The molecule has 1 aromatic carbocycles. The van der Waals surface area contributed by atoms with Crippen molar-refractivity contribution in [2.75, 3.05) is 35.8 Å². The molecular formula is C32H42N6O11S. The number of aliphatic carboxylic acids is 1. The van der Waals surface area contributed by atoms with Crippen molar-refractivity contribution in [2.24, 2.45) is 5.92 Å². The lowest BCUT2D eigenvalue weighted by Crippen LogP contribution is -2.60. The van der Waals surface area contributed by atoms with Crippen LogP contribution in [0, 0.1) is 5.92 Å². The number of nitrogens with zero attached hydrogens (tertiary/aromatic N) is 5. The maximum Gasteiger partial charge on any atom is 0.414 e. The number of ether oxygens (including phenoxy) is 2. The van der Waals surface area contributed by atoms with Gasteiger partial charge >= 0.3 is 18.1 Å². The van der Waals surface area contributed by atoms with Crippen LogP contribution in [0.5, 0.6) is 0 Å². The minimum Gasteiger partial charge on any atom is -0.479 e. The Bertz CT molecular complexity index is 1810. The zero-order valence-electron chi connectivity index (χ0n) is 27.8. The number of aromatic nitrogens is 3. The van der Waals surface area contributed by atoms with Crippen LogP contribution >= 0.6 is 0 Å². The van der Waals surface area contributed by atoms with Gasteiger partial charge in [-0.3, -0.25) is 9.88 Å². The molecule has 18 heteroatoms. The van der Waals surface area contributed by atoms with E-state index in [1.54, 1.807) is 50.5 Å². The van der Waals surface area contributed by atoms with E-state index in [-0.39, 0.29) is 35.7 Å². The van der Waals surface area contributed by atoms with E-state index in [1.807, 2.05) is 7.05 Å². The smallest absolute Gasteiger partial charge is 0.414 e. The number of carbonyl (C=O) groups is 3. The minimum atomic E-state index is -3.03. The van der Waals surface area contributed by atoms with Crippen LogP contribution in [-0.2, 0) is 30.7 Å². The Morgan fingerprint density at radius 3 is 2.40 bits per heavy atom. The zero-order chi connectivity index (χ0) is 36.3. The summed E-state index contributed by atoms with van der Waals surface area (Å²) in [7, 11) is 0.473. The molecule has 3 aromatic rings. The number of carboxylic acids is 1. The highest BCUT2D eigenvalue weighted by Gasteiger charge is 2.48. The van der Waals surface area contributed by atoms with Gasteiger partial charge < -0.3 is 39.7 Å². The van der Waals surface area contributed by atoms with E-state index in [2.05, 4.69) is 20.2 Å². The normalized spacial score (nSPS) is 25.5. The standard InChI is InChI=1S/C32H42N6O11S/c1-4-50(46,47)16-18-9-11-20(12-10-18)37(3)27-21-13-14-38(28(21)34-17-33-27)32(45)36(2)15-19-7-5-6-8-22(19)35-31(44)49-30-25(41)23(39)24(40)26(48-30)29(42)43/h5-8,13-14,17-18,20,23-26,30,39-41H,4,9-12,15-16H2,1-3H3,(H,35,44)(H,42,43)/t18?,20?,23-,24-,25+,26-,30-/m0/s1. The van der Waals surface area contributed by atoms with Crippen molar-refractivity contribution in [3.05, 3.63) is 48.4 Å². The minimum absolute atomic E-state index is 0.0261. The third-order valence-corrected chi connectivity index (χ3v) is 11.2. The second-order valence-electron chi connectivity index (χ2n) is 12.7. The van der Waals surface area contributed by atoms with E-state index >= 15 is 0 Å². The quantitative estimate of drug-likeness (QED) is 0.199. The molecule has 1 saturated heterocycles. The summed E-state index contributed by atoms with van der Waals surface area (Å²) in [6, 6.07) is 8.03. The molecule has 2 fully saturated rings. The van der Waals surface area contributed by atoms with Gasteiger partial charge in [-0.25, -0.2) is 32.8 Å². The number of carboxylic acid groups (broad SMARTS) is 1. The first-order valence-corrected chi connectivity index (χ1v) is 18.0. The number of hydrogen-bond acceptors (Lipinski definition) is 13. The fourth-order valence-corrected chi connectivity index (χ4v) is 7.69. The molecular weight excluding hydrogens is 676 g/mol. The molecule has 1 saturated carbocycles. The molecule has 5 atom stereocenters. The fraction of sp³-hybridized carbons (Fsp3) is 0.531. The zero-order valence-corrected chi connectivity index (χ0v) is 28.6. The lowest BCUT2D eigenvalue weighted by Gasteiger charge is -2.37. The van der Waals surface area contributed by atoms with E-state index in [1.165, 1.54) is 15.8 Å². The molecule has 17 nitrogen and oxygen atoms in total. The van der Waals surface area contributed by atoms with E-state index in [0.29, 0.717) is 22.4 Å². The fourth-order valence-electron chi connectivity index (χ4n) is 6.40. The number of hydrogen-bond donors (Lipinski definition) is 5. The molecule has 5 N–H and O–H groups in total. The van der Waals surface area contributed by atoms with Crippen LogP contribution in [0.15, 0.2) is 42.9 Å². The second-order valence-corrected chi connectivity index (χ2v) is 15.1. The maximum atomic E-state index is 13.7. The summed E-state index contributed by atoms with van der Waals surface area (Å²) in [5, 5.41) is 42.4. The number of aliphatic hydroxyl groups excluding tert-OH is 3. The number of para-hydroxylation sites is 1. The van der Waals surface area contributed by atoms with E-state index in [0.717, 1.165) is 25.7 Å². The number of anilines is 2. The largest absolute Gasteiger partial charge is 0.479 e. The Morgan fingerprint density at radius 2 is 1.72 bits per heavy atom. The van der Waals surface area contributed by atoms with Gasteiger partial charge in [0, 0.05) is 44.3 Å². The highest BCUT2D eigenvalue weighted by atomic mass is 32.2. The number of amides is 2. The van der Waals surface area contributed by atoms with Gasteiger partial charge in [-0.2, -0.15) is 0 Å². The monoisotopic (exact) mass is 718 g/mol. The molecule has 2 aromatic heterocycles. The third-order valence-electron chi connectivity index (χ3n) is 9.32. The molecule has 0 spiro atoms. The van der Waals surface area contributed by atoms with Gasteiger partial charge in [-0.15, -0.1) is 0 Å². The Morgan fingerprint density at radius 1 is 1.02 bits per heavy atom. The molecule has 0 radical (unpaired) electrons. The van der Waals surface area contributed by atoms with Gasteiger partial charge in [-0.1, -0.05) is 25.1 Å². The van der Waals surface area contributed by atoms with Gasteiger partial charge in [-0.05, 0) is 49.3 Å². The number of aliphatic hydroxyl groups is 3. The first kappa shape index (κ1) is 36.9. The number of benzene rings is 1. The number of fused-ring (bicyclic) bond motifs is 1. The summed E-state index contributed by atoms with van der Waals surface area (Å²) in [4.78, 5) is 50.2. The average molecular weight is 719 g/mol. The van der Waals surface area contributed by atoms with Gasteiger partial charge in [0.2, 0.25) is 6.29 Å². The Labute approximate surface area is 288 Å². The van der Waals surface area contributed by atoms with Crippen molar-refractivity contribution in [3.63, 3.8) is 0 Å². The molecule has 1 aliphatic carbocycles. The van der Waals surface area contributed by atoms with Crippen molar-refractivity contribution in [1.82, 2.24) is 19.4 Å². The summed E-state index contributed by atoms with van der Waals surface area (Å²) >= 11 is 0. The Kier molecular flexibility index (Phi) is 11.3. The molecule has 5 rings (SSSR count). The second kappa shape index (κ2) is 15.3. The van der Waals surface area contributed by atoms with Gasteiger partial charge in [0.25, 0.3) is 0 Å². The molecule has 2 amide bonds. The topological polar surface area (TPSA) is 234 Å². The summed E-state index contributed by atoms with van der Waals surface area (Å²) in [5.74, 6) is -0.461. The highest BCUT2D eigenvalue weighted by molar-refractivity contribution is 7.91. The summed E-state index contributed by atoms with van der Waals surface area (Å²) in [5.41, 5.74) is 1.14. The number of nitrogens with one attached hydrogen (secondary N) is 1. The third kappa shape index (κ3) is 7.99. The molecule has 272 valence electrons. The van der Waals surface area contributed by atoms with Crippen LogP contribution in [0.3, 0.4) is 0 Å². The molecule has 1 aliphatic heterocycles. The first-order valence-electron chi connectivity index (χ1n) is 16.2. The van der Waals surface area contributed by atoms with Crippen LogP contribution in [-0.4, -0.2) is 129 Å². The van der Waals surface area contributed by atoms with Crippen LogP contribution in [0.25, 0.3) is 11.0 Å². The number of sulfone groups is 1. The number of rotatable bonds is 10. The average Bonchev–Trinajstić information content (AvgIpc) is 3.53. The van der Waals surface area contributed by atoms with Crippen LogP contribution in [0.1, 0.15) is 38.2 Å². The molecule has 0 bridgehead atoms. The number of carbonyl (C=O) groups excluding carboxylic acids is 2. The van der Waals surface area contributed by atoms with Gasteiger partial charge in [0.15, 0.2) is 11.8 Å². The lowest BCUT2D eigenvalue weighted by atomic mass is 9.86. The van der Waals surface area contributed by atoms with Crippen LogP contribution < -0.4 is 10.2 Å². The Hall–Kier alpha value is -4.36. The summed E-state index contributed by atoms with van der Waals surface area (Å²) in [6.45, 7) is 1.70. The Balaban J connectivity index is 1.24. The lowest BCUT2D eigenvalue weighted by molar-refractivity contribution is -0.277. The van der Waals surface area contributed by atoms with Crippen molar-refractivity contribution in [1.29, 1.82) is 0 Å². The van der Waals surface area contributed by atoms with Gasteiger partial charge in [0.1, 0.15) is 40.3 Å². The first-order chi connectivity index (χ1) is 23.7. The van der Waals surface area contributed by atoms with Crippen molar-refractivity contribution < 1.29 is 52.7 Å². The van der Waals surface area contributed by atoms with E-state index < -0.39 is 58.6 Å². The predicted octanol–water partition coefficient (Wildman–Crippen LogP) is 1.40. The van der Waals surface area contributed by atoms with Crippen molar-refractivity contribution in [2.45, 2.75) is 75.9 Å². The van der Waals surface area contributed by atoms with Crippen LogP contribution in [0.4, 0.5) is 21.1 Å². The highest BCUT2D eigenvalue weighted by Crippen LogP contribution is 2.33. The van der Waals surface area contributed by atoms with Crippen LogP contribution in [0.2, 0.25) is 0 Å². The molecule has 0 unspecified atom stereocenters. The molecule has 3 heterocycles. The summed E-state index contributed by atoms with van der Waals surface area (Å²) < 4.78 is 35.7. The van der Waals surface area contributed by atoms with Crippen molar-refractivity contribution >= 4 is 50.5 Å².